The van der Waals surface area contributed by atoms with Crippen LogP contribution in [0.2, 0.25) is 0 Å². The molecule has 0 spiro atoms. The Morgan fingerprint density at radius 1 is 1.27 bits per heavy atom. The molecule has 3 unspecified atom stereocenters. The second kappa shape index (κ2) is 7.12. The molecule has 4 rings (SSSR count). The minimum atomic E-state index is 0.146. The molecular weight excluding hydrogens is 394 g/mol. The highest BCUT2D eigenvalue weighted by molar-refractivity contribution is 9.10. The Hall–Kier alpha value is -1.72. The van der Waals surface area contributed by atoms with Crippen LogP contribution in [0.15, 0.2) is 34.8 Å². The molecule has 1 fully saturated rings. The number of anilines is 1. The van der Waals surface area contributed by atoms with Crippen LogP contribution in [-0.2, 0) is 4.74 Å². The third-order valence-corrected chi connectivity index (χ3v) is 5.87. The van der Waals surface area contributed by atoms with E-state index in [-0.39, 0.29) is 12.1 Å². The number of benzene rings is 2. The zero-order chi connectivity index (χ0) is 18.3. The summed E-state index contributed by atoms with van der Waals surface area (Å²) in [6.45, 7) is 5.52. The standard InChI is InChI=1S/C21H24BrNO3/c1-4-25-18-11-13(10-16(22)21(18)24-3)19-14-7-8-26-20(14)15-9-12(2)5-6-17(15)23-19/h5-6,9-11,14,19-20,23H,4,7-8H2,1-3H3. The lowest BCUT2D eigenvalue weighted by Gasteiger charge is -2.37. The number of nitrogens with one attached hydrogen (secondary N) is 1. The summed E-state index contributed by atoms with van der Waals surface area (Å²) >= 11 is 3.64. The van der Waals surface area contributed by atoms with Crippen LogP contribution >= 0.6 is 15.9 Å². The van der Waals surface area contributed by atoms with Crippen molar-refractivity contribution in [2.45, 2.75) is 32.4 Å². The molecule has 3 atom stereocenters. The second-order valence-corrected chi connectivity index (χ2v) is 7.78. The van der Waals surface area contributed by atoms with Crippen molar-refractivity contribution in [1.82, 2.24) is 0 Å². The molecule has 5 heteroatoms. The summed E-state index contributed by atoms with van der Waals surface area (Å²) in [5.41, 5.74) is 4.90. The Bertz CT molecular complexity index is 823. The van der Waals surface area contributed by atoms with Gasteiger partial charge in [-0.1, -0.05) is 17.7 Å². The number of hydrogen-bond donors (Lipinski definition) is 1. The van der Waals surface area contributed by atoms with Crippen molar-refractivity contribution >= 4 is 21.6 Å². The van der Waals surface area contributed by atoms with E-state index in [1.54, 1.807) is 7.11 Å². The Morgan fingerprint density at radius 2 is 2.12 bits per heavy atom. The van der Waals surface area contributed by atoms with E-state index in [0.717, 1.165) is 34.7 Å². The van der Waals surface area contributed by atoms with Crippen molar-refractivity contribution in [1.29, 1.82) is 0 Å². The summed E-state index contributed by atoms with van der Waals surface area (Å²) in [4.78, 5) is 0. The van der Waals surface area contributed by atoms with E-state index in [1.165, 1.54) is 16.7 Å². The van der Waals surface area contributed by atoms with Gasteiger partial charge in [-0.15, -0.1) is 0 Å². The molecule has 0 aliphatic carbocycles. The van der Waals surface area contributed by atoms with Gasteiger partial charge in [0, 0.05) is 23.8 Å². The van der Waals surface area contributed by atoms with Crippen LogP contribution < -0.4 is 14.8 Å². The van der Waals surface area contributed by atoms with Gasteiger partial charge in [-0.05, 0) is 60.0 Å². The minimum Gasteiger partial charge on any atom is -0.492 e. The van der Waals surface area contributed by atoms with Gasteiger partial charge in [-0.2, -0.15) is 0 Å². The highest BCUT2D eigenvalue weighted by Gasteiger charge is 2.41. The molecule has 2 heterocycles. The van der Waals surface area contributed by atoms with Crippen LogP contribution in [0.5, 0.6) is 11.5 Å². The number of aryl methyl sites for hydroxylation is 1. The molecule has 2 aliphatic rings. The molecule has 1 saturated heterocycles. The van der Waals surface area contributed by atoms with Crippen molar-refractivity contribution in [2.75, 3.05) is 25.6 Å². The maximum Gasteiger partial charge on any atom is 0.174 e. The van der Waals surface area contributed by atoms with Crippen LogP contribution in [0.4, 0.5) is 5.69 Å². The smallest absolute Gasteiger partial charge is 0.174 e. The highest BCUT2D eigenvalue weighted by Crippen LogP contribution is 2.51. The molecule has 138 valence electrons. The Balaban J connectivity index is 1.77. The zero-order valence-electron chi connectivity index (χ0n) is 15.3. The average Bonchev–Trinajstić information content (AvgIpc) is 3.11. The van der Waals surface area contributed by atoms with Crippen molar-refractivity contribution in [3.63, 3.8) is 0 Å². The van der Waals surface area contributed by atoms with Crippen molar-refractivity contribution in [3.05, 3.63) is 51.5 Å². The SMILES string of the molecule is CCOc1cc(C2Nc3ccc(C)cc3C3OCCC23)cc(Br)c1OC. The molecule has 2 aromatic carbocycles. The fourth-order valence-electron chi connectivity index (χ4n) is 4.15. The molecule has 2 aromatic rings. The first-order valence-corrected chi connectivity index (χ1v) is 9.90. The fourth-order valence-corrected chi connectivity index (χ4v) is 4.77. The number of hydrogen-bond acceptors (Lipinski definition) is 4. The van der Waals surface area contributed by atoms with E-state index < -0.39 is 0 Å². The minimum absolute atomic E-state index is 0.146. The molecule has 0 radical (unpaired) electrons. The first-order chi connectivity index (χ1) is 12.6. The van der Waals surface area contributed by atoms with Crippen molar-refractivity contribution in [2.24, 2.45) is 5.92 Å². The molecule has 0 aromatic heterocycles. The van der Waals surface area contributed by atoms with Gasteiger partial charge in [0.05, 0.1) is 30.3 Å². The second-order valence-electron chi connectivity index (χ2n) is 6.92. The predicted molar refractivity (Wildman–Crippen MR) is 106 cm³/mol. The normalized spacial score (nSPS) is 23.8. The Morgan fingerprint density at radius 3 is 2.88 bits per heavy atom. The zero-order valence-corrected chi connectivity index (χ0v) is 16.9. The lowest BCUT2D eigenvalue weighted by Crippen LogP contribution is -2.29. The summed E-state index contributed by atoms with van der Waals surface area (Å²) < 4.78 is 18.4. The number of ether oxygens (including phenoxy) is 3. The number of rotatable bonds is 4. The fraction of sp³-hybridized carbons (Fsp3) is 0.429. The molecular formula is C21H24BrNO3. The van der Waals surface area contributed by atoms with Gasteiger partial charge >= 0.3 is 0 Å². The number of fused-ring (bicyclic) bond motifs is 3. The van der Waals surface area contributed by atoms with Crippen LogP contribution in [0.25, 0.3) is 0 Å². The molecule has 2 aliphatic heterocycles. The summed E-state index contributed by atoms with van der Waals surface area (Å²) in [5, 5.41) is 3.75. The van der Waals surface area contributed by atoms with E-state index >= 15 is 0 Å². The van der Waals surface area contributed by atoms with Gasteiger partial charge in [-0.3, -0.25) is 0 Å². The topological polar surface area (TPSA) is 39.7 Å². The van der Waals surface area contributed by atoms with E-state index in [9.17, 15) is 0 Å². The third kappa shape index (κ3) is 2.97. The van der Waals surface area contributed by atoms with Gasteiger partial charge in [0.25, 0.3) is 0 Å². The number of methoxy groups -OCH3 is 1. The quantitative estimate of drug-likeness (QED) is 0.721. The van der Waals surface area contributed by atoms with Crippen molar-refractivity contribution < 1.29 is 14.2 Å². The van der Waals surface area contributed by atoms with Crippen LogP contribution in [0.3, 0.4) is 0 Å². The van der Waals surface area contributed by atoms with Gasteiger partial charge in [0.1, 0.15) is 0 Å². The lowest BCUT2D eigenvalue weighted by molar-refractivity contribution is 0.0828. The van der Waals surface area contributed by atoms with Gasteiger partial charge in [0.15, 0.2) is 11.5 Å². The van der Waals surface area contributed by atoms with Crippen LogP contribution in [-0.4, -0.2) is 20.3 Å². The van der Waals surface area contributed by atoms with E-state index in [1.807, 2.05) is 6.92 Å². The summed E-state index contributed by atoms with van der Waals surface area (Å²) in [5.74, 6) is 1.91. The summed E-state index contributed by atoms with van der Waals surface area (Å²) in [6, 6.07) is 11.0. The summed E-state index contributed by atoms with van der Waals surface area (Å²) in [6.07, 6.45) is 1.19. The highest BCUT2D eigenvalue weighted by atomic mass is 79.9. The molecule has 0 bridgehead atoms. The third-order valence-electron chi connectivity index (χ3n) is 5.29. The predicted octanol–water partition coefficient (Wildman–Crippen LogP) is 5.41. The monoisotopic (exact) mass is 417 g/mol. The first-order valence-electron chi connectivity index (χ1n) is 9.11. The van der Waals surface area contributed by atoms with E-state index in [0.29, 0.717) is 12.5 Å². The Kier molecular flexibility index (Phi) is 4.84. The number of halogens is 1. The maximum absolute atomic E-state index is 6.14. The van der Waals surface area contributed by atoms with Gasteiger partial charge in [0.2, 0.25) is 0 Å². The average molecular weight is 418 g/mol. The molecule has 26 heavy (non-hydrogen) atoms. The lowest BCUT2D eigenvalue weighted by atomic mass is 9.80. The largest absolute Gasteiger partial charge is 0.492 e. The van der Waals surface area contributed by atoms with Crippen LogP contribution in [0.1, 0.15) is 42.2 Å². The van der Waals surface area contributed by atoms with E-state index in [4.69, 9.17) is 14.2 Å². The Labute approximate surface area is 163 Å². The molecule has 4 nitrogen and oxygen atoms in total. The maximum atomic E-state index is 6.14. The molecule has 0 saturated carbocycles. The van der Waals surface area contributed by atoms with Crippen molar-refractivity contribution in [3.8, 4) is 11.5 Å². The van der Waals surface area contributed by atoms with Crippen LogP contribution in [0, 0.1) is 12.8 Å². The molecule has 0 amide bonds. The first kappa shape index (κ1) is 17.7. The molecule has 1 N–H and O–H groups in total. The van der Waals surface area contributed by atoms with Gasteiger partial charge in [-0.25, -0.2) is 0 Å². The van der Waals surface area contributed by atoms with E-state index in [2.05, 4.69) is 58.5 Å². The van der Waals surface area contributed by atoms with Gasteiger partial charge < -0.3 is 19.5 Å². The summed E-state index contributed by atoms with van der Waals surface area (Å²) in [7, 11) is 1.67.